The molecule has 0 saturated carbocycles. The smallest absolute Gasteiger partial charge is 0.313 e. The number of carbonyl (C=O) groups excluding carboxylic acids is 1. The van der Waals surface area contributed by atoms with Crippen molar-refractivity contribution in [2.45, 2.75) is 6.92 Å². The summed E-state index contributed by atoms with van der Waals surface area (Å²) in [6.07, 6.45) is 0. The van der Waals surface area contributed by atoms with Gasteiger partial charge in [-0.1, -0.05) is 23.7 Å². The van der Waals surface area contributed by atoms with E-state index in [0.29, 0.717) is 22.0 Å². The van der Waals surface area contributed by atoms with Crippen molar-refractivity contribution in [2.24, 2.45) is 0 Å². The molecule has 1 heterocycles. The highest BCUT2D eigenvalue weighted by Crippen LogP contribution is 2.26. The van der Waals surface area contributed by atoms with Gasteiger partial charge in [0.2, 0.25) is 5.89 Å². The Morgan fingerprint density at radius 1 is 1.21 bits per heavy atom. The highest BCUT2D eigenvalue weighted by Gasteiger charge is 2.17. The minimum absolute atomic E-state index is 0.145. The van der Waals surface area contributed by atoms with Crippen LogP contribution in [0.4, 0.5) is 5.69 Å². The Balaban J connectivity index is 1.83. The van der Waals surface area contributed by atoms with E-state index in [9.17, 15) is 4.79 Å². The van der Waals surface area contributed by atoms with E-state index in [2.05, 4.69) is 15.5 Å². The van der Waals surface area contributed by atoms with Crippen molar-refractivity contribution in [3.8, 4) is 17.2 Å². The molecule has 0 bridgehead atoms. The maximum atomic E-state index is 12.3. The molecular formula is C17H14ClN3O3. The van der Waals surface area contributed by atoms with Gasteiger partial charge in [0, 0.05) is 10.6 Å². The average molecular weight is 344 g/mol. The van der Waals surface area contributed by atoms with Crippen molar-refractivity contribution in [3.63, 3.8) is 0 Å². The summed E-state index contributed by atoms with van der Waals surface area (Å²) in [6, 6.07) is 12.4. The Bertz CT molecular complexity index is 892. The van der Waals surface area contributed by atoms with Crippen LogP contribution in [0.5, 0.6) is 5.75 Å². The lowest BCUT2D eigenvalue weighted by atomic mass is 10.2. The molecule has 122 valence electrons. The lowest BCUT2D eigenvalue weighted by Crippen LogP contribution is -2.13. The van der Waals surface area contributed by atoms with Crippen LogP contribution in [0.1, 0.15) is 16.2 Å². The standard InChI is InChI=1S/C17H14ClN3O3/c1-10-6-7-14(23-2)13(8-10)19-15(22)17-21-20-16(24-17)11-4-3-5-12(18)9-11/h3-9H,1-2H3,(H,19,22). The number of carbonyl (C=O) groups is 1. The first-order chi connectivity index (χ1) is 11.6. The molecule has 6 nitrogen and oxygen atoms in total. The molecule has 0 aliphatic rings. The van der Waals surface area contributed by atoms with E-state index in [4.69, 9.17) is 20.8 Å². The largest absolute Gasteiger partial charge is 0.495 e. The first-order valence-electron chi connectivity index (χ1n) is 7.12. The fraction of sp³-hybridized carbons (Fsp3) is 0.118. The quantitative estimate of drug-likeness (QED) is 0.775. The summed E-state index contributed by atoms with van der Waals surface area (Å²) in [5, 5.41) is 10.9. The van der Waals surface area contributed by atoms with Gasteiger partial charge < -0.3 is 14.5 Å². The van der Waals surface area contributed by atoms with Crippen molar-refractivity contribution in [3.05, 3.63) is 58.9 Å². The van der Waals surface area contributed by atoms with Crippen LogP contribution >= 0.6 is 11.6 Å². The molecule has 1 N–H and O–H groups in total. The molecule has 24 heavy (non-hydrogen) atoms. The third kappa shape index (κ3) is 3.38. The van der Waals surface area contributed by atoms with E-state index in [1.165, 1.54) is 7.11 Å². The second-order valence-corrected chi connectivity index (χ2v) is 5.52. The maximum Gasteiger partial charge on any atom is 0.313 e. The summed E-state index contributed by atoms with van der Waals surface area (Å²) in [7, 11) is 1.53. The predicted octanol–water partition coefficient (Wildman–Crippen LogP) is 3.96. The fourth-order valence-corrected chi connectivity index (χ4v) is 2.34. The Hall–Kier alpha value is -2.86. The monoisotopic (exact) mass is 343 g/mol. The molecular weight excluding hydrogens is 330 g/mol. The molecule has 3 rings (SSSR count). The van der Waals surface area contributed by atoms with Crippen LogP contribution in [-0.2, 0) is 0 Å². The molecule has 1 aromatic heterocycles. The van der Waals surface area contributed by atoms with Crippen molar-refractivity contribution < 1.29 is 13.9 Å². The van der Waals surface area contributed by atoms with Crippen LogP contribution in [0, 0.1) is 6.92 Å². The van der Waals surface area contributed by atoms with E-state index >= 15 is 0 Å². The van der Waals surface area contributed by atoms with Gasteiger partial charge in [0.25, 0.3) is 0 Å². The van der Waals surface area contributed by atoms with E-state index in [-0.39, 0.29) is 11.8 Å². The molecule has 1 amide bonds. The number of anilines is 1. The van der Waals surface area contributed by atoms with Gasteiger partial charge in [-0.15, -0.1) is 10.2 Å². The van der Waals surface area contributed by atoms with Gasteiger partial charge in [-0.25, -0.2) is 0 Å². The number of aryl methyl sites for hydroxylation is 1. The molecule has 0 radical (unpaired) electrons. The lowest BCUT2D eigenvalue weighted by Gasteiger charge is -2.09. The number of ether oxygens (including phenoxy) is 1. The maximum absolute atomic E-state index is 12.3. The molecule has 3 aromatic rings. The van der Waals surface area contributed by atoms with E-state index in [0.717, 1.165) is 5.56 Å². The molecule has 0 aliphatic heterocycles. The molecule has 0 aliphatic carbocycles. The van der Waals surface area contributed by atoms with Crippen LogP contribution < -0.4 is 10.1 Å². The average Bonchev–Trinajstić information content (AvgIpc) is 3.05. The minimum atomic E-state index is -0.514. The minimum Gasteiger partial charge on any atom is -0.495 e. The summed E-state index contributed by atoms with van der Waals surface area (Å²) >= 11 is 5.94. The second kappa shape index (κ2) is 6.72. The van der Waals surface area contributed by atoms with E-state index < -0.39 is 5.91 Å². The van der Waals surface area contributed by atoms with Crippen LogP contribution in [-0.4, -0.2) is 23.2 Å². The highest BCUT2D eigenvalue weighted by atomic mass is 35.5. The Kier molecular flexibility index (Phi) is 4.48. The lowest BCUT2D eigenvalue weighted by molar-refractivity contribution is 0.0990. The number of hydrogen-bond acceptors (Lipinski definition) is 5. The van der Waals surface area contributed by atoms with Crippen molar-refractivity contribution in [2.75, 3.05) is 12.4 Å². The molecule has 0 spiro atoms. The Morgan fingerprint density at radius 2 is 2.04 bits per heavy atom. The van der Waals surface area contributed by atoms with Crippen LogP contribution in [0.3, 0.4) is 0 Å². The number of methoxy groups -OCH3 is 1. The van der Waals surface area contributed by atoms with Crippen LogP contribution in [0.15, 0.2) is 46.9 Å². The number of rotatable bonds is 4. The number of aromatic nitrogens is 2. The van der Waals surface area contributed by atoms with Gasteiger partial charge in [0.15, 0.2) is 0 Å². The zero-order valence-corrected chi connectivity index (χ0v) is 13.8. The van der Waals surface area contributed by atoms with E-state index in [1.54, 1.807) is 36.4 Å². The molecule has 0 fully saturated rings. The van der Waals surface area contributed by atoms with E-state index in [1.807, 2.05) is 13.0 Å². The number of nitrogens with zero attached hydrogens (tertiary/aromatic N) is 2. The normalized spacial score (nSPS) is 10.5. The van der Waals surface area contributed by atoms with Crippen LogP contribution in [0.25, 0.3) is 11.5 Å². The zero-order chi connectivity index (χ0) is 17.1. The molecule has 0 unspecified atom stereocenters. The predicted molar refractivity (Wildman–Crippen MR) is 90.4 cm³/mol. The van der Waals surface area contributed by atoms with Gasteiger partial charge in [-0.05, 0) is 42.8 Å². The van der Waals surface area contributed by atoms with Gasteiger partial charge in [-0.3, -0.25) is 4.79 Å². The molecule has 2 aromatic carbocycles. The fourth-order valence-electron chi connectivity index (χ4n) is 2.15. The number of benzene rings is 2. The topological polar surface area (TPSA) is 77.2 Å². The highest BCUT2D eigenvalue weighted by molar-refractivity contribution is 6.30. The summed E-state index contributed by atoms with van der Waals surface area (Å²) in [4.78, 5) is 12.3. The van der Waals surface area contributed by atoms with Crippen molar-refractivity contribution >= 4 is 23.2 Å². The van der Waals surface area contributed by atoms with Crippen molar-refractivity contribution in [1.29, 1.82) is 0 Å². The number of nitrogens with one attached hydrogen (secondary N) is 1. The first-order valence-corrected chi connectivity index (χ1v) is 7.50. The number of hydrogen-bond donors (Lipinski definition) is 1. The third-order valence-electron chi connectivity index (χ3n) is 3.29. The SMILES string of the molecule is COc1ccc(C)cc1NC(=O)c1nnc(-c2cccc(Cl)c2)o1. The number of halogens is 1. The third-order valence-corrected chi connectivity index (χ3v) is 3.53. The summed E-state index contributed by atoms with van der Waals surface area (Å²) in [5.41, 5.74) is 2.16. The van der Waals surface area contributed by atoms with Crippen LogP contribution in [0.2, 0.25) is 5.02 Å². The van der Waals surface area contributed by atoms with Gasteiger partial charge in [0.1, 0.15) is 5.75 Å². The summed E-state index contributed by atoms with van der Waals surface area (Å²) in [6.45, 7) is 1.92. The van der Waals surface area contributed by atoms with Gasteiger partial charge in [0.05, 0.1) is 12.8 Å². The molecule has 0 atom stereocenters. The Labute approximate surface area is 143 Å². The molecule has 7 heteroatoms. The van der Waals surface area contributed by atoms with Crippen molar-refractivity contribution in [1.82, 2.24) is 10.2 Å². The van der Waals surface area contributed by atoms with Gasteiger partial charge in [-0.2, -0.15) is 0 Å². The Morgan fingerprint density at radius 3 is 2.79 bits per heavy atom. The number of amides is 1. The second-order valence-electron chi connectivity index (χ2n) is 5.08. The first kappa shape index (κ1) is 16.0. The molecule has 0 saturated heterocycles. The van der Waals surface area contributed by atoms with Gasteiger partial charge >= 0.3 is 11.8 Å². The summed E-state index contributed by atoms with van der Waals surface area (Å²) in [5.74, 6) is 0.107. The zero-order valence-electron chi connectivity index (χ0n) is 13.0. The summed E-state index contributed by atoms with van der Waals surface area (Å²) < 4.78 is 10.7.